The summed E-state index contributed by atoms with van der Waals surface area (Å²) in [6.45, 7) is 0. The first-order chi connectivity index (χ1) is 6.72. The number of ether oxygens (including phenoxy) is 1. The van der Waals surface area contributed by atoms with Gasteiger partial charge in [0.25, 0.3) is 0 Å². The lowest BCUT2D eigenvalue weighted by Gasteiger charge is -1.99. The second kappa shape index (κ2) is 6.18. The number of esters is 1. The number of halogens is 1. The number of nitrogens with zero attached hydrogens (tertiary/aromatic N) is 2. The molecular formula is C8H9IN2O2S. The topological polar surface area (TPSA) is 52.1 Å². The Morgan fingerprint density at radius 2 is 2.50 bits per heavy atom. The summed E-state index contributed by atoms with van der Waals surface area (Å²) in [7, 11) is 1.38. The Morgan fingerprint density at radius 1 is 1.71 bits per heavy atom. The number of aromatic nitrogens is 2. The van der Waals surface area contributed by atoms with Gasteiger partial charge >= 0.3 is 5.97 Å². The number of carbonyl (C=O) groups is 1. The van der Waals surface area contributed by atoms with E-state index < -0.39 is 0 Å². The van der Waals surface area contributed by atoms with Crippen molar-refractivity contribution in [2.24, 2.45) is 0 Å². The molecule has 0 saturated heterocycles. The summed E-state index contributed by atoms with van der Waals surface area (Å²) in [5.74, 6) is 0.440. The van der Waals surface area contributed by atoms with Gasteiger partial charge in [0.05, 0.1) is 13.5 Å². The maximum absolute atomic E-state index is 10.8. The lowest BCUT2D eigenvalue weighted by molar-refractivity contribution is -0.140. The molecule has 0 N–H and O–H groups in total. The van der Waals surface area contributed by atoms with Crippen LogP contribution in [0.5, 0.6) is 0 Å². The van der Waals surface area contributed by atoms with Crippen molar-refractivity contribution < 1.29 is 9.53 Å². The fourth-order valence-corrected chi connectivity index (χ4v) is 2.02. The van der Waals surface area contributed by atoms with Gasteiger partial charge in [0.15, 0.2) is 5.16 Å². The standard InChI is InChI=1S/C8H9IN2O2S/c1-13-7(12)3-5-14-8-10-4-2-6(9)11-8/h2,4H,3,5H2,1H3. The molecule has 0 aliphatic heterocycles. The molecule has 0 unspecified atom stereocenters. The summed E-state index contributed by atoms with van der Waals surface area (Å²) in [4.78, 5) is 19.0. The minimum absolute atomic E-state index is 0.205. The lowest BCUT2D eigenvalue weighted by Crippen LogP contribution is -2.01. The minimum Gasteiger partial charge on any atom is -0.469 e. The Kier molecular flexibility index (Phi) is 5.16. The third kappa shape index (κ3) is 4.23. The van der Waals surface area contributed by atoms with Crippen LogP contribution in [0.25, 0.3) is 0 Å². The molecule has 0 aromatic carbocycles. The van der Waals surface area contributed by atoms with Gasteiger partial charge in [-0.3, -0.25) is 4.79 Å². The summed E-state index contributed by atoms with van der Waals surface area (Å²) in [5.41, 5.74) is 0. The molecule has 0 aliphatic rings. The van der Waals surface area contributed by atoms with E-state index in [0.717, 1.165) is 3.70 Å². The van der Waals surface area contributed by atoms with Gasteiger partial charge < -0.3 is 4.74 Å². The summed E-state index contributed by atoms with van der Waals surface area (Å²) in [6, 6.07) is 1.82. The van der Waals surface area contributed by atoms with E-state index in [4.69, 9.17) is 0 Å². The van der Waals surface area contributed by atoms with Crippen LogP contribution in [0.4, 0.5) is 0 Å². The van der Waals surface area contributed by atoms with Crippen LogP contribution >= 0.6 is 34.4 Å². The number of hydrogen-bond acceptors (Lipinski definition) is 5. The summed E-state index contributed by atoms with van der Waals surface area (Å²) in [6.07, 6.45) is 2.09. The van der Waals surface area contributed by atoms with Crippen LogP contribution in [-0.4, -0.2) is 28.8 Å². The van der Waals surface area contributed by atoms with E-state index in [2.05, 4.69) is 37.3 Å². The fourth-order valence-electron chi connectivity index (χ4n) is 0.717. The van der Waals surface area contributed by atoms with E-state index >= 15 is 0 Å². The average Bonchev–Trinajstić information content (AvgIpc) is 2.17. The Bertz CT molecular complexity index is 322. The molecule has 0 spiro atoms. The van der Waals surface area contributed by atoms with Gasteiger partial charge in [-0.15, -0.1) is 0 Å². The lowest BCUT2D eigenvalue weighted by atomic mass is 10.5. The van der Waals surface area contributed by atoms with Crippen molar-refractivity contribution in [1.82, 2.24) is 9.97 Å². The minimum atomic E-state index is -0.205. The molecule has 6 heteroatoms. The molecule has 1 heterocycles. The highest BCUT2D eigenvalue weighted by atomic mass is 127. The highest BCUT2D eigenvalue weighted by Gasteiger charge is 2.02. The van der Waals surface area contributed by atoms with Crippen molar-refractivity contribution >= 4 is 40.3 Å². The van der Waals surface area contributed by atoms with Gasteiger partial charge in [0, 0.05) is 11.9 Å². The number of carbonyl (C=O) groups excluding carboxylic acids is 1. The van der Waals surface area contributed by atoms with E-state index in [1.165, 1.54) is 18.9 Å². The molecule has 1 aromatic heterocycles. The molecule has 1 rings (SSSR count). The zero-order valence-electron chi connectivity index (χ0n) is 7.57. The van der Waals surface area contributed by atoms with Crippen LogP contribution in [0.1, 0.15) is 6.42 Å². The first-order valence-corrected chi connectivity index (χ1v) is 5.97. The summed E-state index contributed by atoms with van der Waals surface area (Å²) >= 11 is 3.57. The molecule has 4 nitrogen and oxygen atoms in total. The SMILES string of the molecule is COC(=O)CCSc1nccc(I)n1. The molecule has 0 amide bonds. The Morgan fingerprint density at radius 3 is 3.14 bits per heavy atom. The molecule has 0 radical (unpaired) electrons. The Hall–Kier alpha value is -0.370. The Balaban J connectivity index is 2.35. The highest BCUT2D eigenvalue weighted by molar-refractivity contribution is 14.1. The second-order valence-electron chi connectivity index (χ2n) is 2.34. The molecule has 0 aliphatic carbocycles. The fraction of sp³-hybridized carbons (Fsp3) is 0.375. The quantitative estimate of drug-likeness (QED) is 0.278. The Labute approximate surface area is 100.0 Å². The van der Waals surface area contributed by atoms with E-state index in [-0.39, 0.29) is 5.97 Å². The maximum Gasteiger partial charge on any atom is 0.306 e. The first-order valence-electron chi connectivity index (χ1n) is 3.90. The number of thioether (sulfide) groups is 1. The van der Waals surface area contributed by atoms with Crippen molar-refractivity contribution in [2.75, 3.05) is 12.9 Å². The molecule has 0 fully saturated rings. The maximum atomic E-state index is 10.8. The predicted octanol–water partition coefficient (Wildman–Crippen LogP) is 1.74. The first kappa shape index (κ1) is 11.7. The zero-order chi connectivity index (χ0) is 10.4. The van der Waals surface area contributed by atoms with Crippen LogP contribution in [0.3, 0.4) is 0 Å². The monoisotopic (exact) mass is 324 g/mol. The summed E-state index contributed by atoms with van der Waals surface area (Å²) < 4.78 is 5.42. The average molecular weight is 324 g/mol. The number of methoxy groups -OCH3 is 1. The number of rotatable bonds is 4. The van der Waals surface area contributed by atoms with Gasteiger partial charge in [0.1, 0.15) is 3.70 Å². The largest absolute Gasteiger partial charge is 0.469 e. The van der Waals surface area contributed by atoms with Crippen LogP contribution in [0, 0.1) is 3.70 Å². The van der Waals surface area contributed by atoms with Crippen molar-refractivity contribution in [2.45, 2.75) is 11.6 Å². The molecule has 0 saturated carbocycles. The molecule has 76 valence electrons. The van der Waals surface area contributed by atoms with Crippen LogP contribution in [0.2, 0.25) is 0 Å². The van der Waals surface area contributed by atoms with Crippen molar-refractivity contribution in [1.29, 1.82) is 0 Å². The van der Waals surface area contributed by atoms with Gasteiger partial charge in [0.2, 0.25) is 0 Å². The zero-order valence-corrected chi connectivity index (χ0v) is 10.5. The van der Waals surface area contributed by atoms with Crippen LogP contribution in [-0.2, 0) is 9.53 Å². The smallest absolute Gasteiger partial charge is 0.306 e. The van der Waals surface area contributed by atoms with Crippen LogP contribution in [0.15, 0.2) is 17.4 Å². The third-order valence-electron chi connectivity index (χ3n) is 1.36. The highest BCUT2D eigenvalue weighted by Crippen LogP contribution is 2.14. The number of hydrogen-bond donors (Lipinski definition) is 0. The van der Waals surface area contributed by atoms with Gasteiger partial charge in [-0.1, -0.05) is 11.8 Å². The second-order valence-corrected chi connectivity index (χ2v) is 4.50. The molecule has 1 aromatic rings. The third-order valence-corrected chi connectivity index (χ3v) is 2.83. The van der Waals surface area contributed by atoms with Gasteiger partial charge in [-0.2, -0.15) is 0 Å². The van der Waals surface area contributed by atoms with Crippen molar-refractivity contribution in [3.8, 4) is 0 Å². The normalized spacial score (nSPS) is 9.86. The van der Waals surface area contributed by atoms with E-state index in [9.17, 15) is 4.79 Å². The van der Waals surface area contributed by atoms with Crippen molar-refractivity contribution in [3.05, 3.63) is 16.0 Å². The molecule has 0 atom stereocenters. The van der Waals surface area contributed by atoms with Crippen LogP contribution < -0.4 is 0 Å². The molecule has 14 heavy (non-hydrogen) atoms. The molecular weight excluding hydrogens is 315 g/mol. The predicted molar refractivity (Wildman–Crippen MR) is 62.1 cm³/mol. The van der Waals surface area contributed by atoms with Gasteiger partial charge in [-0.05, 0) is 28.7 Å². The van der Waals surface area contributed by atoms with E-state index in [1.54, 1.807) is 6.20 Å². The summed E-state index contributed by atoms with van der Waals surface area (Å²) in [5, 5.41) is 0.695. The van der Waals surface area contributed by atoms with E-state index in [0.29, 0.717) is 17.3 Å². The van der Waals surface area contributed by atoms with Crippen molar-refractivity contribution in [3.63, 3.8) is 0 Å². The van der Waals surface area contributed by atoms with E-state index in [1.807, 2.05) is 6.07 Å². The molecule has 0 bridgehead atoms. The van der Waals surface area contributed by atoms with Gasteiger partial charge in [-0.25, -0.2) is 9.97 Å².